The highest BCUT2D eigenvalue weighted by molar-refractivity contribution is 5.05. The van der Waals surface area contributed by atoms with Crippen molar-refractivity contribution >= 4 is 0 Å². The summed E-state index contributed by atoms with van der Waals surface area (Å²) >= 11 is 0. The Bertz CT molecular complexity index is 323. The Hall–Kier alpha value is -0.760. The van der Waals surface area contributed by atoms with Gasteiger partial charge in [0.05, 0.1) is 6.26 Å². The van der Waals surface area contributed by atoms with Crippen molar-refractivity contribution in [2.24, 2.45) is 17.8 Å². The molecule has 1 heterocycles. The summed E-state index contributed by atoms with van der Waals surface area (Å²) in [5.74, 6) is 4.16. The van der Waals surface area contributed by atoms with Gasteiger partial charge in [-0.3, -0.25) is 0 Å². The van der Waals surface area contributed by atoms with Gasteiger partial charge in [0.1, 0.15) is 5.76 Å². The van der Waals surface area contributed by atoms with Crippen LogP contribution in [0.3, 0.4) is 0 Å². The highest BCUT2D eigenvalue weighted by Gasteiger charge is 2.47. The Morgan fingerprint density at radius 3 is 2.81 bits per heavy atom. The molecule has 0 amide bonds. The SMILES string of the molecule is CCNC(Cc1ccco1)C1CC2CC2C1. The summed E-state index contributed by atoms with van der Waals surface area (Å²) in [6.07, 6.45) is 7.25. The van der Waals surface area contributed by atoms with E-state index in [0.29, 0.717) is 6.04 Å². The first-order valence-corrected chi connectivity index (χ1v) is 6.62. The van der Waals surface area contributed by atoms with Crippen molar-refractivity contribution in [1.29, 1.82) is 0 Å². The molecule has 1 N–H and O–H groups in total. The number of likely N-dealkylation sites (N-methyl/N-ethyl adjacent to an activating group) is 1. The molecule has 3 atom stereocenters. The molecular weight excluding hydrogens is 198 g/mol. The van der Waals surface area contributed by atoms with Gasteiger partial charge in [-0.25, -0.2) is 0 Å². The average molecular weight is 219 g/mol. The molecule has 0 aromatic carbocycles. The smallest absolute Gasteiger partial charge is 0.105 e. The van der Waals surface area contributed by atoms with E-state index in [1.807, 2.05) is 6.07 Å². The van der Waals surface area contributed by atoms with E-state index >= 15 is 0 Å². The van der Waals surface area contributed by atoms with Crippen molar-refractivity contribution in [3.05, 3.63) is 24.2 Å². The first kappa shape index (κ1) is 10.4. The zero-order valence-electron chi connectivity index (χ0n) is 9.99. The van der Waals surface area contributed by atoms with Gasteiger partial charge in [0, 0.05) is 12.5 Å². The minimum Gasteiger partial charge on any atom is -0.469 e. The molecule has 0 saturated heterocycles. The van der Waals surface area contributed by atoms with Gasteiger partial charge < -0.3 is 9.73 Å². The van der Waals surface area contributed by atoms with Crippen LogP contribution in [-0.4, -0.2) is 12.6 Å². The van der Waals surface area contributed by atoms with Crippen LogP contribution in [0.1, 0.15) is 31.9 Å². The molecule has 16 heavy (non-hydrogen) atoms. The molecule has 0 spiro atoms. The number of hydrogen-bond donors (Lipinski definition) is 1. The molecule has 2 heteroatoms. The van der Waals surface area contributed by atoms with Crippen LogP contribution in [0.15, 0.2) is 22.8 Å². The van der Waals surface area contributed by atoms with E-state index in [1.165, 1.54) is 19.3 Å². The van der Waals surface area contributed by atoms with E-state index < -0.39 is 0 Å². The van der Waals surface area contributed by atoms with E-state index in [4.69, 9.17) is 4.42 Å². The summed E-state index contributed by atoms with van der Waals surface area (Å²) in [6.45, 7) is 3.27. The van der Waals surface area contributed by atoms with Gasteiger partial charge in [-0.05, 0) is 55.7 Å². The molecule has 2 aliphatic rings. The molecule has 2 saturated carbocycles. The maximum absolute atomic E-state index is 5.47. The standard InChI is InChI=1S/C14H21NO/c1-2-15-14(9-13-4-3-5-16-13)12-7-10-6-11(10)8-12/h3-5,10-12,14-15H,2,6-9H2,1H3. The molecule has 1 aromatic heterocycles. The molecule has 3 rings (SSSR count). The van der Waals surface area contributed by atoms with Crippen molar-refractivity contribution in [3.8, 4) is 0 Å². The molecule has 1 aromatic rings. The first-order chi connectivity index (χ1) is 7.86. The van der Waals surface area contributed by atoms with Gasteiger partial charge in [0.25, 0.3) is 0 Å². The van der Waals surface area contributed by atoms with Crippen molar-refractivity contribution in [2.75, 3.05) is 6.54 Å². The molecule has 0 aliphatic heterocycles. The van der Waals surface area contributed by atoms with Crippen molar-refractivity contribution in [2.45, 2.75) is 38.6 Å². The van der Waals surface area contributed by atoms with Crippen LogP contribution in [-0.2, 0) is 6.42 Å². The molecule has 2 fully saturated rings. The minimum atomic E-state index is 0.629. The lowest BCUT2D eigenvalue weighted by molar-refractivity contribution is 0.320. The summed E-state index contributed by atoms with van der Waals surface area (Å²) in [4.78, 5) is 0. The van der Waals surface area contributed by atoms with Gasteiger partial charge in [-0.15, -0.1) is 0 Å². The van der Waals surface area contributed by atoms with Crippen LogP contribution in [0.4, 0.5) is 0 Å². The fourth-order valence-corrected chi connectivity index (χ4v) is 3.40. The van der Waals surface area contributed by atoms with Crippen molar-refractivity contribution in [3.63, 3.8) is 0 Å². The number of fused-ring (bicyclic) bond motifs is 1. The molecule has 88 valence electrons. The highest BCUT2D eigenvalue weighted by atomic mass is 16.3. The second-order valence-electron chi connectivity index (χ2n) is 5.44. The lowest BCUT2D eigenvalue weighted by Crippen LogP contribution is -2.37. The molecule has 2 aliphatic carbocycles. The Balaban J connectivity index is 1.61. The van der Waals surface area contributed by atoms with Gasteiger partial charge in [-0.1, -0.05) is 6.92 Å². The average Bonchev–Trinajstić information content (AvgIpc) is 2.72. The number of nitrogens with one attached hydrogen (secondary N) is 1. The van der Waals surface area contributed by atoms with Gasteiger partial charge in [0.2, 0.25) is 0 Å². The summed E-state index contributed by atoms with van der Waals surface area (Å²) in [5, 5.41) is 3.64. The van der Waals surface area contributed by atoms with E-state index in [1.54, 1.807) is 6.26 Å². The van der Waals surface area contributed by atoms with Gasteiger partial charge in [-0.2, -0.15) is 0 Å². The highest BCUT2D eigenvalue weighted by Crippen LogP contribution is 2.55. The van der Waals surface area contributed by atoms with Crippen LogP contribution in [0.25, 0.3) is 0 Å². The van der Waals surface area contributed by atoms with E-state index in [-0.39, 0.29) is 0 Å². The van der Waals surface area contributed by atoms with Crippen LogP contribution in [0, 0.1) is 17.8 Å². The zero-order chi connectivity index (χ0) is 11.0. The second kappa shape index (κ2) is 4.25. The Morgan fingerprint density at radius 2 is 2.19 bits per heavy atom. The van der Waals surface area contributed by atoms with E-state index in [9.17, 15) is 0 Å². The maximum Gasteiger partial charge on any atom is 0.105 e. The third-order valence-corrected chi connectivity index (χ3v) is 4.32. The van der Waals surface area contributed by atoms with Crippen LogP contribution in [0.5, 0.6) is 0 Å². The van der Waals surface area contributed by atoms with Crippen molar-refractivity contribution < 1.29 is 4.42 Å². The normalized spacial score (nSPS) is 33.7. The third-order valence-electron chi connectivity index (χ3n) is 4.32. The molecule has 0 bridgehead atoms. The first-order valence-electron chi connectivity index (χ1n) is 6.62. The Labute approximate surface area is 97.4 Å². The summed E-state index contributed by atoms with van der Waals surface area (Å²) in [7, 11) is 0. The van der Waals surface area contributed by atoms with Crippen LogP contribution >= 0.6 is 0 Å². The predicted octanol–water partition coefficient (Wildman–Crippen LogP) is 2.85. The Morgan fingerprint density at radius 1 is 1.38 bits per heavy atom. The summed E-state index contributed by atoms with van der Waals surface area (Å²) in [6, 6.07) is 4.72. The summed E-state index contributed by atoms with van der Waals surface area (Å²) in [5.41, 5.74) is 0. The molecule has 0 radical (unpaired) electrons. The summed E-state index contributed by atoms with van der Waals surface area (Å²) < 4.78 is 5.47. The van der Waals surface area contributed by atoms with Crippen molar-refractivity contribution in [1.82, 2.24) is 5.32 Å². The fraction of sp³-hybridized carbons (Fsp3) is 0.714. The molecular formula is C14H21NO. The molecule has 2 nitrogen and oxygen atoms in total. The van der Waals surface area contributed by atoms with Gasteiger partial charge in [0.15, 0.2) is 0 Å². The predicted molar refractivity (Wildman–Crippen MR) is 64.2 cm³/mol. The topological polar surface area (TPSA) is 25.2 Å². The minimum absolute atomic E-state index is 0.629. The zero-order valence-corrected chi connectivity index (χ0v) is 9.99. The van der Waals surface area contributed by atoms with E-state index in [2.05, 4.69) is 18.3 Å². The van der Waals surface area contributed by atoms with Gasteiger partial charge >= 0.3 is 0 Å². The van der Waals surface area contributed by atoms with E-state index in [0.717, 1.165) is 36.5 Å². The lowest BCUT2D eigenvalue weighted by atomic mass is 9.91. The maximum atomic E-state index is 5.47. The number of furan rings is 1. The fourth-order valence-electron chi connectivity index (χ4n) is 3.40. The largest absolute Gasteiger partial charge is 0.469 e. The van der Waals surface area contributed by atoms with Crippen LogP contribution in [0.2, 0.25) is 0 Å². The second-order valence-corrected chi connectivity index (χ2v) is 5.44. The number of rotatable bonds is 5. The molecule has 3 unspecified atom stereocenters. The number of hydrogen-bond acceptors (Lipinski definition) is 2. The lowest BCUT2D eigenvalue weighted by Gasteiger charge is -2.24. The Kier molecular flexibility index (Phi) is 2.76. The third kappa shape index (κ3) is 2.03. The monoisotopic (exact) mass is 219 g/mol. The quantitative estimate of drug-likeness (QED) is 0.823. The van der Waals surface area contributed by atoms with Crippen LogP contribution < -0.4 is 5.32 Å².